The van der Waals surface area contributed by atoms with Crippen LogP contribution in [0.2, 0.25) is 0 Å². The van der Waals surface area contributed by atoms with Crippen molar-refractivity contribution >= 4 is 34.1 Å². The van der Waals surface area contributed by atoms with Crippen molar-refractivity contribution in [3.05, 3.63) is 70.9 Å². The van der Waals surface area contributed by atoms with E-state index in [9.17, 15) is 14.0 Å². The lowest BCUT2D eigenvalue weighted by atomic mass is 10.3. The molecule has 2 heterocycles. The smallest absolute Gasteiger partial charge is 0.282 e. The van der Waals surface area contributed by atoms with Crippen molar-refractivity contribution in [2.75, 3.05) is 11.1 Å². The summed E-state index contributed by atoms with van der Waals surface area (Å²) in [4.78, 5) is 24.4. The molecule has 0 radical (unpaired) electrons. The average molecular weight is 389 g/mol. The van der Waals surface area contributed by atoms with E-state index in [2.05, 4.69) is 27.2 Å². The first-order chi connectivity index (χ1) is 12.6. The largest absolute Gasteiger partial charge is 0.295 e. The number of aromatic nitrogens is 4. The SMILES string of the molecule is C=CCSc1nnc(NC(=O)c2nn(-c3ccc(F)cc3)ccc2=O)s1. The molecule has 132 valence electrons. The van der Waals surface area contributed by atoms with E-state index in [0.717, 1.165) is 0 Å². The summed E-state index contributed by atoms with van der Waals surface area (Å²) in [5.41, 5.74) is -0.321. The number of halogens is 1. The summed E-state index contributed by atoms with van der Waals surface area (Å²) in [6, 6.07) is 6.72. The van der Waals surface area contributed by atoms with Crippen LogP contribution in [0, 0.1) is 5.82 Å². The third kappa shape index (κ3) is 4.21. The van der Waals surface area contributed by atoms with E-state index in [0.29, 0.717) is 15.8 Å². The molecule has 3 rings (SSSR count). The Balaban J connectivity index is 1.81. The Kier molecular flexibility index (Phi) is 5.54. The van der Waals surface area contributed by atoms with Crippen LogP contribution in [0.4, 0.5) is 9.52 Å². The first-order valence-electron chi connectivity index (χ1n) is 7.31. The molecule has 10 heteroatoms. The summed E-state index contributed by atoms with van der Waals surface area (Å²) >= 11 is 2.62. The van der Waals surface area contributed by atoms with E-state index in [4.69, 9.17) is 0 Å². The molecule has 1 N–H and O–H groups in total. The number of carbonyl (C=O) groups is 1. The van der Waals surface area contributed by atoms with Crippen LogP contribution in [-0.2, 0) is 0 Å². The molecule has 0 unspecified atom stereocenters. The molecular formula is C16H12FN5O2S2. The van der Waals surface area contributed by atoms with Crippen molar-refractivity contribution in [1.82, 2.24) is 20.0 Å². The molecule has 0 bridgehead atoms. The fraction of sp³-hybridized carbons (Fsp3) is 0.0625. The summed E-state index contributed by atoms with van der Waals surface area (Å²) in [6.07, 6.45) is 3.14. The molecule has 3 aromatic rings. The molecule has 0 atom stereocenters. The summed E-state index contributed by atoms with van der Waals surface area (Å²) in [5, 5.41) is 14.6. The minimum Gasteiger partial charge on any atom is -0.295 e. The van der Waals surface area contributed by atoms with Crippen LogP contribution in [0.3, 0.4) is 0 Å². The molecule has 2 aromatic heterocycles. The van der Waals surface area contributed by atoms with Crippen molar-refractivity contribution in [1.29, 1.82) is 0 Å². The Hall–Kier alpha value is -2.85. The number of carbonyl (C=O) groups excluding carboxylic acids is 1. The summed E-state index contributed by atoms with van der Waals surface area (Å²) in [5.74, 6) is -0.414. The summed E-state index contributed by atoms with van der Waals surface area (Å²) in [6.45, 7) is 3.62. The van der Waals surface area contributed by atoms with E-state index < -0.39 is 17.2 Å². The second kappa shape index (κ2) is 8.02. The zero-order chi connectivity index (χ0) is 18.5. The van der Waals surface area contributed by atoms with Gasteiger partial charge in [-0.2, -0.15) is 5.10 Å². The first-order valence-corrected chi connectivity index (χ1v) is 9.11. The fourth-order valence-corrected chi connectivity index (χ4v) is 3.42. The Morgan fingerprint density at radius 3 is 2.81 bits per heavy atom. The van der Waals surface area contributed by atoms with Crippen molar-refractivity contribution in [3.8, 4) is 5.69 Å². The second-order valence-electron chi connectivity index (χ2n) is 4.88. The van der Waals surface area contributed by atoms with Gasteiger partial charge in [0.2, 0.25) is 10.6 Å². The standard InChI is InChI=1S/C16H12FN5O2S2/c1-2-9-25-16-20-19-15(26-16)18-14(24)13-12(23)7-8-22(21-13)11-5-3-10(17)4-6-11/h2-8H,1,9H2,(H,18,19,24). The molecule has 0 aliphatic carbocycles. The molecule has 0 saturated heterocycles. The molecule has 1 amide bonds. The van der Waals surface area contributed by atoms with Crippen molar-refractivity contribution in [2.45, 2.75) is 4.34 Å². The van der Waals surface area contributed by atoms with Crippen molar-refractivity contribution in [3.63, 3.8) is 0 Å². The van der Waals surface area contributed by atoms with Crippen LogP contribution >= 0.6 is 23.1 Å². The van der Waals surface area contributed by atoms with E-state index in [1.807, 2.05) is 0 Å². The highest BCUT2D eigenvalue weighted by atomic mass is 32.2. The van der Waals surface area contributed by atoms with Crippen molar-refractivity contribution in [2.24, 2.45) is 0 Å². The maximum Gasteiger partial charge on any atom is 0.282 e. The van der Waals surface area contributed by atoms with Crippen molar-refractivity contribution < 1.29 is 9.18 Å². The minimum atomic E-state index is -0.692. The number of amides is 1. The summed E-state index contributed by atoms with van der Waals surface area (Å²) in [7, 11) is 0. The third-order valence-corrected chi connectivity index (χ3v) is 5.03. The average Bonchev–Trinajstić information content (AvgIpc) is 3.08. The Morgan fingerprint density at radius 2 is 2.08 bits per heavy atom. The van der Waals surface area contributed by atoms with Gasteiger partial charge in [0.15, 0.2) is 10.0 Å². The Labute approximate surface area is 155 Å². The maximum absolute atomic E-state index is 13.0. The van der Waals surface area contributed by atoms with Crippen LogP contribution in [0.1, 0.15) is 10.5 Å². The fourth-order valence-electron chi connectivity index (χ4n) is 1.91. The van der Waals surface area contributed by atoms with Gasteiger partial charge in [-0.3, -0.25) is 14.9 Å². The molecule has 26 heavy (non-hydrogen) atoms. The minimum absolute atomic E-state index is 0.264. The predicted molar refractivity (Wildman–Crippen MR) is 98.6 cm³/mol. The van der Waals surface area contributed by atoms with E-state index in [-0.39, 0.29) is 10.8 Å². The zero-order valence-electron chi connectivity index (χ0n) is 13.3. The van der Waals surface area contributed by atoms with Gasteiger partial charge in [0.1, 0.15) is 5.82 Å². The molecule has 0 spiro atoms. The Morgan fingerprint density at radius 1 is 1.31 bits per heavy atom. The van der Waals surface area contributed by atoms with E-state index in [1.165, 1.54) is 64.3 Å². The summed E-state index contributed by atoms with van der Waals surface area (Å²) < 4.78 is 15.0. The molecule has 0 aliphatic rings. The zero-order valence-corrected chi connectivity index (χ0v) is 14.9. The Bertz CT molecular complexity index is 1000. The van der Waals surface area contributed by atoms with Gasteiger partial charge in [-0.1, -0.05) is 29.2 Å². The highest BCUT2D eigenvalue weighted by molar-refractivity contribution is 8.01. The first kappa shape index (κ1) is 18.0. The van der Waals surface area contributed by atoms with Gasteiger partial charge in [-0.15, -0.1) is 16.8 Å². The van der Waals surface area contributed by atoms with Gasteiger partial charge in [0.05, 0.1) is 5.69 Å². The number of hydrogen-bond donors (Lipinski definition) is 1. The van der Waals surface area contributed by atoms with Gasteiger partial charge in [0.25, 0.3) is 5.91 Å². The number of anilines is 1. The molecule has 0 saturated carbocycles. The van der Waals surface area contributed by atoms with Crippen LogP contribution in [0.5, 0.6) is 0 Å². The van der Waals surface area contributed by atoms with Gasteiger partial charge in [0, 0.05) is 18.0 Å². The second-order valence-corrected chi connectivity index (χ2v) is 7.12. The number of nitrogens with zero attached hydrogens (tertiary/aromatic N) is 4. The molecule has 0 fully saturated rings. The number of rotatable bonds is 6. The number of nitrogens with one attached hydrogen (secondary N) is 1. The topological polar surface area (TPSA) is 89.8 Å². The van der Waals surface area contributed by atoms with Gasteiger partial charge >= 0.3 is 0 Å². The lowest BCUT2D eigenvalue weighted by Crippen LogP contribution is -2.25. The molecule has 1 aromatic carbocycles. The van der Waals surface area contributed by atoms with E-state index >= 15 is 0 Å². The van der Waals surface area contributed by atoms with Gasteiger partial charge < -0.3 is 0 Å². The maximum atomic E-state index is 13.0. The lowest BCUT2D eigenvalue weighted by Gasteiger charge is -2.06. The van der Waals surface area contributed by atoms with Crippen LogP contribution in [0.25, 0.3) is 5.69 Å². The normalized spacial score (nSPS) is 10.5. The van der Waals surface area contributed by atoms with Crippen LogP contribution < -0.4 is 10.7 Å². The van der Waals surface area contributed by atoms with Gasteiger partial charge in [-0.05, 0) is 24.3 Å². The molecule has 0 aliphatic heterocycles. The molecular weight excluding hydrogens is 377 g/mol. The van der Waals surface area contributed by atoms with Crippen LogP contribution in [0.15, 0.2) is 58.3 Å². The third-order valence-electron chi connectivity index (χ3n) is 3.07. The predicted octanol–water partition coefficient (Wildman–Crippen LogP) is 2.75. The molecule has 7 nitrogen and oxygen atoms in total. The van der Waals surface area contributed by atoms with Crippen LogP contribution in [-0.4, -0.2) is 31.6 Å². The lowest BCUT2D eigenvalue weighted by molar-refractivity contribution is 0.101. The monoisotopic (exact) mass is 389 g/mol. The van der Waals surface area contributed by atoms with E-state index in [1.54, 1.807) is 6.08 Å². The highest BCUT2D eigenvalue weighted by Gasteiger charge is 2.16. The quantitative estimate of drug-likeness (QED) is 0.396. The number of hydrogen-bond acceptors (Lipinski definition) is 7. The number of thioether (sulfide) groups is 1. The highest BCUT2D eigenvalue weighted by Crippen LogP contribution is 2.25. The number of benzene rings is 1. The van der Waals surface area contributed by atoms with Gasteiger partial charge in [-0.25, -0.2) is 9.07 Å².